The maximum absolute atomic E-state index is 5.64. The fraction of sp³-hybridized carbons (Fsp3) is 0.529. The Kier molecular flexibility index (Phi) is 3.97. The summed E-state index contributed by atoms with van der Waals surface area (Å²) in [5, 5.41) is 5.01. The first kappa shape index (κ1) is 13.5. The van der Waals surface area contributed by atoms with Crippen LogP contribution in [0.1, 0.15) is 50.4 Å². The van der Waals surface area contributed by atoms with Gasteiger partial charge in [0.25, 0.3) is 0 Å². The fourth-order valence-corrected chi connectivity index (χ4v) is 3.22. The Morgan fingerprint density at radius 1 is 1.35 bits per heavy atom. The Labute approximate surface area is 120 Å². The zero-order chi connectivity index (χ0) is 13.9. The summed E-state index contributed by atoms with van der Waals surface area (Å²) >= 11 is 0. The molecular weight excluding hydrogens is 248 g/mol. The molecule has 0 saturated heterocycles. The topological polar surface area (TPSA) is 37.0 Å². The van der Waals surface area contributed by atoms with Crippen molar-refractivity contribution < 1.29 is 4.74 Å². The molecule has 1 unspecified atom stereocenters. The van der Waals surface area contributed by atoms with Crippen molar-refractivity contribution >= 4 is 10.9 Å². The van der Waals surface area contributed by atoms with E-state index in [4.69, 9.17) is 4.74 Å². The number of benzene rings is 1. The number of H-pyrrole nitrogens is 1. The number of aromatic amines is 1. The van der Waals surface area contributed by atoms with Crippen molar-refractivity contribution in [2.45, 2.75) is 45.6 Å². The average molecular weight is 272 g/mol. The number of rotatable bonds is 5. The average Bonchev–Trinajstić information content (AvgIpc) is 2.84. The molecule has 0 spiro atoms. The van der Waals surface area contributed by atoms with Crippen LogP contribution in [-0.2, 0) is 6.42 Å². The van der Waals surface area contributed by atoms with Crippen LogP contribution in [0.4, 0.5) is 0 Å². The fourth-order valence-electron chi connectivity index (χ4n) is 3.22. The molecule has 1 aromatic heterocycles. The lowest BCUT2D eigenvalue weighted by atomic mass is 9.91. The lowest BCUT2D eigenvalue weighted by Crippen LogP contribution is -2.25. The van der Waals surface area contributed by atoms with Crippen molar-refractivity contribution in [1.29, 1.82) is 0 Å². The molecular formula is C17H24N2O. The van der Waals surface area contributed by atoms with E-state index in [1.54, 1.807) is 0 Å². The molecule has 3 heteroatoms. The van der Waals surface area contributed by atoms with Crippen LogP contribution in [0.25, 0.3) is 10.9 Å². The maximum Gasteiger partial charge on any atom is 0.120 e. The second-order valence-corrected chi connectivity index (χ2v) is 5.56. The zero-order valence-corrected chi connectivity index (χ0v) is 12.5. The van der Waals surface area contributed by atoms with Crippen molar-refractivity contribution in [1.82, 2.24) is 10.3 Å². The highest BCUT2D eigenvalue weighted by molar-refractivity contribution is 5.86. The minimum absolute atomic E-state index is 0.488. The molecule has 1 aromatic carbocycles. The highest BCUT2D eigenvalue weighted by Crippen LogP contribution is 2.36. The van der Waals surface area contributed by atoms with E-state index in [0.717, 1.165) is 18.9 Å². The van der Waals surface area contributed by atoms with Crippen molar-refractivity contribution in [3.63, 3.8) is 0 Å². The van der Waals surface area contributed by atoms with Crippen LogP contribution >= 0.6 is 0 Å². The minimum atomic E-state index is 0.488. The maximum atomic E-state index is 5.64. The molecule has 0 fully saturated rings. The molecule has 3 rings (SSSR count). The van der Waals surface area contributed by atoms with Crippen molar-refractivity contribution in [3.8, 4) is 5.75 Å². The van der Waals surface area contributed by atoms with Crippen LogP contribution in [0.5, 0.6) is 5.75 Å². The van der Waals surface area contributed by atoms with E-state index in [9.17, 15) is 0 Å². The number of nitrogens with one attached hydrogen (secondary N) is 2. The Morgan fingerprint density at radius 3 is 3.05 bits per heavy atom. The molecule has 1 aliphatic rings. The summed E-state index contributed by atoms with van der Waals surface area (Å²) in [6.07, 6.45) is 4.86. The first-order chi connectivity index (χ1) is 9.83. The van der Waals surface area contributed by atoms with E-state index in [1.165, 1.54) is 47.8 Å². The van der Waals surface area contributed by atoms with E-state index in [0.29, 0.717) is 6.04 Å². The molecule has 1 heterocycles. The van der Waals surface area contributed by atoms with Crippen LogP contribution in [0.2, 0.25) is 0 Å². The van der Waals surface area contributed by atoms with Crippen LogP contribution in [0.3, 0.4) is 0 Å². The molecule has 0 aliphatic heterocycles. The number of hydrogen-bond acceptors (Lipinski definition) is 2. The molecule has 0 amide bonds. The van der Waals surface area contributed by atoms with Gasteiger partial charge in [-0.3, -0.25) is 0 Å². The Morgan fingerprint density at radius 2 is 2.25 bits per heavy atom. The van der Waals surface area contributed by atoms with Gasteiger partial charge in [0.1, 0.15) is 5.75 Å². The predicted octanol–water partition coefficient (Wildman–Crippen LogP) is 3.94. The lowest BCUT2D eigenvalue weighted by Gasteiger charge is -2.23. The monoisotopic (exact) mass is 272 g/mol. The standard InChI is InChI=1S/C17H24N2O/c1-3-10-18-16-7-5-6-13-14-11-12(20-4-2)8-9-15(14)19-17(13)16/h8-9,11,16,18-19H,3-7,10H2,1-2H3. The highest BCUT2D eigenvalue weighted by atomic mass is 16.5. The van der Waals surface area contributed by atoms with Gasteiger partial charge in [-0.15, -0.1) is 0 Å². The molecule has 2 N–H and O–H groups in total. The van der Waals surface area contributed by atoms with E-state index in [2.05, 4.69) is 35.4 Å². The third-order valence-corrected chi connectivity index (χ3v) is 4.13. The predicted molar refractivity (Wildman–Crippen MR) is 83.4 cm³/mol. The van der Waals surface area contributed by atoms with E-state index < -0.39 is 0 Å². The molecule has 0 saturated carbocycles. The zero-order valence-electron chi connectivity index (χ0n) is 12.5. The molecule has 2 aromatic rings. The summed E-state index contributed by atoms with van der Waals surface area (Å²) in [5.74, 6) is 0.977. The summed E-state index contributed by atoms with van der Waals surface area (Å²) in [7, 11) is 0. The van der Waals surface area contributed by atoms with Gasteiger partial charge in [0.05, 0.1) is 6.61 Å². The van der Waals surface area contributed by atoms with Gasteiger partial charge in [-0.2, -0.15) is 0 Å². The molecule has 0 bridgehead atoms. The highest BCUT2D eigenvalue weighted by Gasteiger charge is 2.23. The second-order valence-electron chi connectivity index (χ2n) is 5.56. The number of fused-ring (bicyclic) bond motifs is 3. The van der Waals surface area contributed by atoms with Gasteiger partial charge >= 0.3 is 0 Å². The molecule has 0 radical (unpaired) electrons. The Hall–Kier alpha value is -1.48. The first-order valence-corrected chi connectivity index (χ1v) is 7.84. The van der Waals surface area contributed by atoms with Crippen molar-refractivity contribution in [3.05, 3.63) is 29.5 Å². The van der Waals surface area contributed by atoms with Gasteiger partial charge < -0.3 is 15.0 Å². The van der Waals surface area contributed by atoms with Crippen LogP contribution in [0, 0.1) is 0 Å². The molecule has 3 nitrogen and oxygen atoms in total. The number of aryl methyl sites for hydroxylation is 1. The summed E-state index contributed by atoms with van der Waals surface area (Å²) in [6.45, 7) is 6.06. The van der Waals surface area contributed by atoms with E-state index in [1.807, 2.05) is 6.92 Å². The van der Waals surface area contributed by atoms with Gasteiger partial charge in [0, 0.05) is 22.6 Å². The molecule has 108 valence electrons. The van der Waals surface area contributed by atoms with Gasteiger partial charge in [-0.25, -0.2) is 0 Å². The minimum Gasteiger partial charge on any atom is -0.494 e. The smallest absolute Gasteiger partial charge is 0.120 e. The van der Waals surface area contributed by atoms with Gasteiger partial charge in [0.2, 0.25) is 0 Å². The molecule has 1 atom stereocenters. The van der Waals surface area contributed by atoms with Crippen LogP contribution in [0.15, 0.2) is 18.2 Å². The second kappa shape index (κ2) is 5.88. The summed E-state index contributed by atoms with van der Waals surface area (Å²) in [5.41, 5.74) is 4.12. The largest absolute Gasteiger partial charge is 0.494 e. The van der Waals surface area contributed by atoms with E-state index >= 15 is 0 Å². The lowest BCUT2D eigenvalue weighted by molar-refractivity contribution is 0.340. The molecule has 1 aliphatic carbocycles. The first-order valence-electron chi connectivity index (χ1n) is 7.84. The third-order valence-electron chi connectivity index (χ3n) is 4.13. The summed E-state index contributed by atoms with van der Waals surface area (Å²) < 4.78 is 5.64. The molecule has 20 heavy (non-hydrogen) atoms. The number of hydrogen-bond donors (Lipinski definition) is 2. The van der Waals surface area contributed by atoms with Crippen molar-refractivity contribution in [2.75, 3.05) is 13.2 Å². The van der Waals surface area contributed by atoms with Crippen LogP contribution in [-0.4, -0.2) is 18.1 Å². The Bertz CT molecular complexity index is 588. The number of aromatic nitrogens is 1. The SMILES string of the molecule is CCCNC1CCCc2c1[nH]c1ccc(OCC)cc21. The summed E-state index contributed by atoms with van der Waals surface area (Å²) in [4.78, 5) is 3.63. The van der Waals surface area contributed by atoms with Crippen molar-refractivity contribution in [2.24, 2.45) is 0 Å². The van der Waals surface area contributed by atoms with E-state index in [-0.39, 0.29) is 0 Å². The summed E-state index contributed by atoms with van der Waals surface area (Å²) in [6, 6.07) is 6.88. The van der Waals surface area contributed by atoms with Gasteiger partial charge in [0.15, 0.2) is 0 Å². The van der Waals surface area contributed by atoms with Gasteiger partial charge in [-0.1, -0.05) is 6.92 Å². The Balaban J connectivity index is 1.98. The quantitative estimate of drug-likeness (QED) is 0.865. The van der Waals surface area contributed by atoms with Crippen LogP contribution < -0.4 is 10.1 Å². The normalized spacial score (nSPS) is 18.2. The number of ether oxygens (including phenoxy) is 1. The third kappa shape index (κ3) is 2.42. The van der Waals surface area contributed by atoms with Gasteiger partial charge in [-0.05, 0) is 62.9 Å².